The van der Waals surface area contributed by atoms with Crippen LogP contribution in [-0.2, 0) is 4.79 Å². The van der Waals surface area contributed by atoms with Gasteiger partial charge in [0, 0.05) is 6.42 Å². The summed E-state index contributed by atoms with van der Waals surface area (Å²) in [5.74, 6) is -0.0967. The van der Waals surface area contributed by atoms with E-state index in [0.717, 1.165) is 122 Å². The molecule has 0 aliphatic rings. The standard InChI is InChI=1S/C67H107NO3/c1-3-5-7-9-11-13-15-17-19-21-23-24-25-26-27-28-29-30-31-32-33-34-35-36-37-38-39-40-41-42-43-44-45-47-49-51-53-55-57-59-61-63-67(71)68-65(64-69)66(70)62-60-58-56-54-52-50-48-46-22-20-18-16-14-12-10-8-6-4-2/h5,7,11,13,17,19,22-24,26-27,29-30,32-33,35-36,38-39,41-42,44-46,52,54,60,62,65-66,69-70H,3-4,6,8-10,12,14-16,18,20-21,25,28,31,34,37,40,43,47-51,53,55-59,61,63-64H2,1-2H3,(H,68,71)/b7-5-,13-11-,19-17-,24-23-,27-26-,30-29-,33-32-,36-35-,39-38-,42-41-,45-44-,46-22+,54-52+,62-60+. The number of hydrogen-bond acceptors (Lipinski definition) is 3. The summed E-state index contributed by atoms with van der Waals surface area (Å²) < 4.78 is 0. The monoisotopic (exact) mass is 974 g/mol. The van der Waals surface area contributed by atoms with Gasteiger partial charge in [-0.25, -0.2) is 0 Å². The van der Waals surface area contributed by atoms with Gasteiger partial charge >= 0.3 is 0 Å². The molecule has 398 valence electrons. The normalized spacial score (nSPS) is 14.1. The van der Waals surface area contributed by atoms with Crippen molar-refractivity contribution in [3.63, 3.8) is 0 Å². The largest absolute Gasteiger partial charge is 0.394 e. The number of allylic oxidation sites excluding steroid dienone is 27. The number of carbonyl (C=O) groups excluding carboxylic acids is 1. The Hall–Kier alpha value is -4.25. The fraction of sp³-hybridized carbons (Fsp3) is 0.567. The first kappa shape index (κ1) is 66.8. The minimum atomic E-state index is -0.887. The van der Waals surface area contributed by atoms with Crippen LogP contribution < -0.4 is 5.32 Å². The molecule has 4 heteroatoms. The third-order valence-corrected chi connectivity index (χ3v) is 11.9. The van der Waals surface area contributed by atoms with Crippen LogP contribution in [-0.4, -0.2) is 34.9 Å². The number of rotatable bonds is 50. The Morgan fingerprint density at radius 2 is 0.634 bits per heavy atom. The lowest BCUT2D eigenvalue weighted by Crippen LogP contribution is -2.45. The Kier molecular flexibility index (Phi) is 56.5. The van der Waals surface area contributed by atoms with Crippen LogP contribution in [0.25, 0.3) is 0 Å². The summed E-state index contributed by atoms with van der Waals surface area (Å²) in [7, 11) is 0. The third-order valence-electron chi connectivity index (χ3n) is 11.9. The van der Waals surface area contributed by atoms with Crippen molar-refractivity contribution >= 4 is 5.91 Å². The second kappa shape index (κ2) is 60.1. The summed E-state index contributed by atoms with van der Waals surface area (Å²) in [6.07, 6.45) is 97.9. The van der Waals surface area contributed by atoms with E-state index >= 15 is 0 Å². The highest BCUT2D eigenvalue weighted by molar-refractivity contribution is 5.76. The Morgan fingerprint density at radius 3 is 0.986 bits per heavy atom. The lowest BCUT2D eigenvalue weighted by Gasteiger charge is -2.19. The van der Waals surface area contributed by atoms with Crippen LogP contribution in [0.15, 0.2) is 170 Å². The lowest BCUT2D eigenvalue weighted by molar-refractivity contribution is -0.123. The zero-order chi connectivity index (χ0) is 51.3. The van der Waals surface area contributed by atoms with Crippen LogP contribution in [0.4, 0.5) is 0 Å². The van der Waals surface area contributed by atoms with E-state index in [0.29, 0.717) is 6.42 Å². The molecule has 1 amide bonds. The minimum Gasteiger partial charge on any atom is -0.394 e. The molecule has 0 saturated carbocycles. The van der Waals surface area contributed by atoms with Gasteiger partial charge in [0.2, 0.25) is 5.91 Å². The van der Waals surface area contributed by atoms with Crippen molar-refractivity contribution in [3.05, 3.63) is 170 Å². The predicted octanol–water partition coefficient (Wildman–Crippen LogP) is 19.5. The Labute approximate surface area is 438 Å². The van der Waals surface area contributed by atoms with Gasteiger partial charge < -0.3 is 15.5 Å². The first-order chi connectivity index (χ1) is 35.2. The first-order valence-corrected chi connectivity index (χ1v) is 28.8. The van der Waals surface area contributed by atoms with Crippen molar-refractivity contribution < 1.29 is 15.0 Å². The summed E-state index contributed by atoms with van der Waals surface area (Å²) in [5, 5.41) is 23.1. The van der Waals surface area contributed by atoms with Crippen LogP contribution >= 0.6 is 0 Å². The van der Waals surface area contributed by atoms with Crippen molar-refractivity contribution in [2.45, 2.75) is 238 Å². The maximum absolute atomic E-state index is 12.5. The van der Waals surface area contributed by atoms with Crippen LogP contribution in [0.3, 0.4) is 0 Å². The molecule has 0 radical (unpaired) electrons. The minimum absolute atomic E-state index is 0.0967. The maximum Gasteiger partial charge on any atom is 0.220 e. The maximum atomic E-state index is 12.5. The lowest BCUT2D eigenvalue weighted by atomic mass is 10.1. The Morgan fingerprint density at radius 1 is 0.352 bits per heavy atom. The highest BCUT2D eigenvalue weighted by atomic mass is 16.3. The van der Waals surface area contributed by atoms with E-state index in [1.54, 1.807) is 6.08 Å². The van der Waals surface area contributed by atoms with Crippen LogP contribution in [0.2, 0.25) is 0 Å². The molecule has 0 aromatic rings. The molecule has 0 aliphatic heterocycles. The van der Waals surface area contributed by atoms with Gasteiger partial charge in [0.25, 0.3) is 0 Å². The topological polar surface area (TPSA) is 69.6 Å². The van der Waals surface area contributed by atoms with Gasteiger partial charge in [-0.15, -0.1) is 0 Å². The third kappa shape index (κ3) is 56.5. The quantitative estimate of drug-likeness (QED) is 0.0420. The molecule has 71 heavy (non-hydrogen) atoms. The number of hydrogen-bond donors (Lipinski definition) is 3. The molecule has 2 unspecified atom stereocenters. The summed E-state index contributed by atoms with van der Waals surface area (Å²) in [5.41, 5.74) is 0. The van der Waals surface area contributed by atoms with Gasteiger partial charge in [0.15, 0.2) is 0 Å². The second-order valence-corrected chi connectivity index (χ2v) is 18.6. The van der Waals surface area contributed by atoms with Crippen LogP contribution in [0, 0.1) is 0 Å². The highest BCUT2D eigenvalue weighted by Gasteiger charge is 2.17. The molecule has 0 aromatic heterocycles. The molecule has 0 bridgehead atoms. The summed E-state index contributed by atoms with van der Waals surface area (Å²) >= 11 is 0. The zero-order valence-corrected chi connectivity index (χ0v) is 45.7. The molecule has 0 aliphatic carbocycles. The Balaban J connectivity index is 3.71. The van der Waals surface area contributed by atoms with Crippen molar-refractivity contribution in [1.29, 1.82) is 0 Å². The van der Waals surface area contributed by atoms with Crippen molar-refractivity contribution in [2.75, 3.05) is 6.61 Å². The highest BCUT2D eigenvalue weighted by Crippen LogP contribution is 2.12. The van der Waals surface area contributed by atoms with E-state index < -0.39 is 12.1 Å². The number of amides is 1. The molecule has 0 spiro atoms. The molecule has 3 N–H and O–H groups in total. The van der Waals surface area contributed by atoms with Crippen molar-refractivity contribution in [3.8, 4) is 0 Å². The summed E-state index contributed by atoms with van der Waals surface area (Å²) in [6.45, 7) is 4.16. The molecule has 0 aromatic carbocycles. The van der Waals surface area contributed by atoms with Gasteiger partial charge in [0.1, 0.15) is 0 Å². The molecule has 0 fully saturated rings. The second-order valence-electron chi connectivity index (χ2n) is 18.6. The number of aliphatic hydroxyl groups excluding tert-OH is 2. The molecule has 0 heterocycles. The van der Waals surface area contributed by atoms with Gasteiger partial charge in [-0.05, 0) is 128 Å². The van der Waals surface area contributed by atoms with E-state index in [1.807, 2.05) is 6.08 Å². The number of nitrogens with one attached hydrogen (secondary N) is 1. The number of carbonyl (C=O) groups is 1. The number of aliphatic hydroxyl groups is 2. The SMILES string of the molecule is CC/C=C\C/C=C\C/C=C\C/C=C\C/C=C\C/C=C\C/C=C\C/C=C\C/C=C\C/C=C\C/C=C\CCCCCCCCCC(=O)NC(CO)C(O)/C=C/CC/C=C/CC/C=C/CCCCCCCCCC. The van der Waals surface area contributed by atoms with Crippen molar-refractivity contribution in [2.24, 2.45) is 0 Å². The predicted molar refractivity (Wildman–Crippen MR) is 317 cm³/mol. The van der Waals surface area contributed by atoms with E-state index in [1.165, 1.54) is 83.5 Å². The van der Waals surface area contributed by atoms with E-state index in [4.69, 9.17) is 0 Å². The Bertz CT molecular complexity index is 1570. The van der Waals surface area contributed by atoms with Crippen LogP contribution in [0.1, 0.15) is 226 Å². The molecule has 4 nitrogen and oxygen atoms in total. The average Bonchev–Trinajstić information content (AvgIpc) is 3.37. The van der Waals surface area contributed by atoms with E-state index in [2.05, 4.69) is 177 Å². The van der Waals surface area contributed by atoms with Crippen molar-refractivity contribution in [1.82, 2.24) is 5.32 Å². The summed E-state index contributed by atoms with van der Waals surface area (Å²) in [4.78, 5) is 12.5. The van der Waals surface area contributed by atoms with Gasteiger partial charge in [0.05, 0.1) is 18.8 Å². The molecule has 0 saturated heterocycles. The number of unbranched alkanes of at least 4 members (excludes halogenated alkanes) is 17. The molecule has 2 atom stereocenters. The summed E-state index contributed by atoms with van der Waals surface area (Å²) in [6, 6.07) is -0.664. The molecule has 0 rings (SSSR count). The van der Waals surface area contributed by atoms with Gasteiger partial charge in [-0.1, -0.05) is 261 Å². The zero-order valence-electron chi connectivity index (χ0n) is 45.7. The van der Waals surface area contributed by atoms with E-state index in [9.17, 15) is 15.0 Å². The smallest absolute Gasteiger partial charge is 0.220 e. The van der Waals surface area contributed by atoms with Gasteiger partial charge in [-0.3, -0.25) is 4.79 Å². The fourth-order valence-electron chi connectivity index (χ4n) is 7.57. The average molecular weight is 975 g/mol. The molecular weight excluding hydrogens is 867 g/mol. The van der Waals surface area contributed by atoms with Crippen LogP contribution in [0.5, 0.6) is 0 Å². The molecular formula is C67H107NO3. The fourth-order valence-corrected chi connectivity index (χ4v) is 7.57. The van der Waals surface area contributed by atoms with Gasteiger partial charge in [-0.2, -0.15) is 0 Å². The van der Waals surface area contributed by atoms with E-state index in [-0.39, 0.29) is 12.5 Å². The first-order valence-electron chi connectivity index (χ1n) is 28.8.